The lowest BCUT2D eigenvalue weighted by Crippen LogP contribution is -2.38. The van der Waals surface area contributed by atoms with Gasteiger partial charge < -0.3 is 4.74 Å². The molecule has 2 saturated carbocycles. The van der Waals surface area contributed by atoms with E-state index >= 15 is 0 Å². The van der Waals surface area contributed by atoms with Gasteiger partial charge in [-0.25, -0.2) is 4.79 Å². The number of rotatable bonds is 6. The van der Waals surface area contributed by atoms with Crippen LogP contribution in [0.15, 0.2) is 36.5 Å². The Morgan fingerprint density at radius 3 is 2.50 bits per heavy atom. The van der Waals surface area contributed by atoms with E-state index in [1.54, 1.807) is 6.08 Å². The molecule has 0 spiro atoms. The van der Waals surface area contributed by atoms with Crippen molar-refractivity contribution in [3.63, 3.8) is 0 Å². The van der Waals surface area contributed by atoms with Crippen LogP contribution in [-0.4, -0.2) is 12.1 Å². The van der Waals surface area contributed by atoms with E-state index < -0.39 is 0 Å². The van der Waals surface area contributed by atoms with Crippen molar-refractivity contribution >= 4 is 5.97 Å². The van der Waals surface area contributed by atoms with Crippen LogP contribution in [0.5, 0.6) is 0 Å². The second-order valence-electron chi connectivity index (χ2n) is 7.47. The first kappa shape index (κ1) is 17.1. The van der Waals surface area contributed by atoms with E-state index in [0.29, 0.717) is 11.3 Å². The van der Waals surface area contributed by atoms with E-state index in [1.165, 1.54) is 12.8 Å². The molecule has 2 rings (SSSR count). The maximum Gasteiger partial charge on any atom is 0.330 e. The molecule has 0 radical (unpaired) electrons. The quantitative estimate of drug-likeness (QED) is 0.291. The predicted molar refractivity (Wildman–Crippen MR) is 91.4 cm³/mol. The van der Waals surface area contributed by atoms with Gasteiger partial charge in [-0.05, 0) is 50.4 Å². The summed E-state index contributed by atoms with van der Waals surface area (Å²) in [5, 5.41) is 0. The van der Waals surface area contributed by atoms with Gasteiger partial charge in [0.15, 0.2) is 0 Å². The van der Waals surface area contributed by atoms with Crippen molar-refractivity contribution in [3.8, 4) is 0 Å². The Kier molecular flexibility index (Phi) is 5.31. The summed E-state index contributed by atoms with van der Waals surface area (Å²) in [6, 6.07) is 0. The zero-order chi connectivity index (χ0) is 16.2. The normalized spacial score (nSPS) is 33.5. The van der Waals surface area contributed by atoms with Crippen molar-refractivity contribution in [1.82, 2.24) is 0 Å². The second kappa shape index (κ2) is 6.85. The van der Waals surface area contributed by atoms with E-state index in [4.69, 9.17) is 4.74 Å². The van der Waals surface area contributed by atoms with Gasteiger partial charge in [-0.15, -0.1) is 0 Å². The fourth-order valence-electron chi connectivity index (χ4n) is 4.15. The molecular formula is C20H30O2. The average Bonchev–Trinajstić information content (AvgIpc) is 2.79. The van der Waals surface area contributed by atoms with Crippen molar-refractivity contribution in [2.75, 3.05) is 0 Å². The minimum atomic E-state index is -0.174. The van der Waals surface area contributed by atoms with Crippen LogP contribution in [0.1, 0.15) is 59.8 Å². The highest BCUT2D eigenvalue weighted by Crippen LogP contribution is 2.66. The van der Waals surface area contributed by atoms with Gasteiger partial charge in [0.05, 0.1) is 0 Å². The number of carbonyl (C=O) groups is 1. The third kappa shape index (κ3) is 3.21. The first-order chi connectivity index (χ1) is 10.4. The third-order valence-corrected chi connectivity index (χ3v) is 6.17. The number of esters is 1. The van der Waals surface area contributed by atoms with Crippen molar-refractivity contribution < 1.29 is 9.53 Å². The van der Waals surface area contributed by atoms with E-state index in [2.05, 4.69) is 26.8 Å². The van der Waals surface area contributed by atoms with E-state index in [-0.39, 0.29) is 17.5 Å². The molecule has 22 heavy (non-hydrogen) atoms. The molecule has 0 saturated heterocycles. The summed E-state index contributed by atoms with van der Waals surface area (Å²) in [5.74, 6) is 0.531. The highest BCUT2D eigenvalue weighted by Gasteiger charge is 2.62. The van der Waals surface area contributed by atoms with Crippen LogP contribution in [0, 0.1) is 16.7 Å². The molecule has 0 N–H and O–H groups in total. The topological polar surface area (TPSA) is 26.3 Å². The molecule has 2 nitrogen and oxygen atoms in total. The smallest absolute Gasteiger partial charge is 0.330 e. The highest BCUT2D eigenvalue weighted by atomic mass is 16.5. The molecule has 0 aliphatic heterocycles. The van der Waals surface area contributed by atoms with Crippen LogP contribution in [0.25, 0.3) is 0 Å². The Morgan fingerprint density at radius 2 is 1.91 bits per heavy atom. The van der Waals surface area contributed by atoms with Gasteiger partial charge in [-0.3, -0.25) is 0 Å². The van der Waals surface area contributed by atoms with Gasteiger partial charge in [0.1, 0.15) is 6.10 Å². The lowest BCUT2D eigenvalue weighted by Gasteiger charge is -2.38. The number of unbranched alkanes of at least 4 members (excludes halogenated alkanes) is 1. The first-order valence-electron chi connectivity index (χ1n) is 8.57. The molecule has 122 valence electrons. The van der Waals surface area contributed by atoms with Gasteiger partial charge in [-0.1, -0.05) is 51.2 Å². The third-order valence-electron chi connectivity index (χ3n) is 6.17. The predicted octanol–water partition coefficient (Wildman–Crippen LogP) is 5.21. The summed E-state index contributed by atoms with van der Waals surface area (Å²) in [6.07, 6.45) is 17.1. The van der Waals surface area contributed by atoms with Crippen molar-refractivity contribution in [1.29, 1.82) is 0 Å². The number of hydrogen-bond donors (Lipinski definition) is 0. The molecule has 3 atom stereocenters. The Morgan fingerprint density at radius 1 is 1.18 bits per heavy atom. The number of allylic oxidation sites excluding steroid dienone is 5. The van der Waals surface area contributed by atoms with Crippen LogP contribution < -0.4 is 0 Å². The summed E-state index contributed by atoms with van der Waals surface area (Å²) in [4.78, 5) is 12.0. The van der Waals surface area contributed by atoms with Crippen molar-refractivity contribution in [3.05, 3.63) is 36.5 Å². The minimum absolute atomic E-state index is 0.0907. The lowest BCUT2D eigenvalue weighted by molar-refractivity contribution is -0.150. The molecule has 0 aromatic heterocycles. The Bertz CT molecular complexity index is 484. The number of hydrogen-bond acceptors (Lipinski definition) is 2. The van der Waals surface area contributed by atoms with Gasteiger partial charge in [0.25, 0.3) is 0 Å². The fraction of sp³-hybridized carbons (Fsp3) is 0.650. The number of ether oxygens (including phenoxy) is 1. The molecule has 0 heterocycles. The lowest BCUT2D eigenvalue weighted by atomic mass is 9.70. The summed E-state index contributed by atoms with van der Waals surface area (Å²) in [6.45, 7) is 8.97. The maximum atomic E-state index is 12.0. The highest BCUT2D eigenvalue weighted by molar-refractivity contribution is 5.82. The largest absolute Gasteiger partial charge is 0.459 e. The summed E-state index contributed by atoms with van der Waals surface area (Å²) in [5.41, 5.74) is 0.440. The molecule has 2 heteroatoms. The van der Waals surface area contributed by atoms with Crippen molar-refractivity contribution in [2.24, 2.45) is 16.7 Å². The average molecular weight is 302 g/mol. The maximum absolute atomic E-state index is 12.0. The van der Waals surface area contributed by atoms with Gasteiger partial charge >= 0.3 is 5.97 Å². The minimum Gasteiger partial charge on any atom is -0.459 e. The summed E-state index contributed by atoms with van der Waals surface area (Å²) in [7, 11) is 0. The zero-order valence-electron chi connectivity index (χ0n) is 14.5. The SMILES string of the molecule is CC=CC=CCCC=CC(=O)O[C@H]1C[C@@H]2CC[C@@]1(C)C2(C)C. The Hall–Kier alpha value is -1.31. The fourth-order valence-corrected chi connectivity index (χ4v) is 4.15. The standard InChI is InChI=1S/C20H30O2/c1-5-6-7-8-9-10-11-12-18(21)22-17-15-16-13-14-20(17,4)19(16,2)3/h5-8,11-12,16-17H,9-10,13-15H2,1-4H3/t16-,17-,20+/m0/s1. The van der Waals surface area contributed by atoms with Crippen LogP contribution in [0.3, 0.4) is 0 Å². The van der Waals surface area contributed by atoms with Crippen LogP contribution in [0.2, 0.25) is 0 Å². The van der Waals surface area contributed by atoms with E-state index in [0.717, 1.165) is 19.3 Å². The molecule has 0 amide bonds. The summed E-state index contributed by atoms with van der Waals surface area (Å²) >= 11 is 0. The summed E-state index contributed by atoms with van der Waals surface area (Å²) < 4.78 is 5.77. The van der Waals surface area contributed by atoms with E-state index in [1.807, 2.05) is 31.2 Å². The zero-order valence-corrected chi connectivity index (χ0v) is 14.5. The number of fused-ring (bicyclic) bond motifs is 2. The number of carbonyl (C=O) groups excluding carboxylic acids is 1. The molecule has 0 unspecified atom stereocenters. The first-order valence-corrected chi connectivity index (χ1v) is 8.57. The Labute approximate surface area is 135 Å². The van der Waals surface area contributed by atoms with E-state index in [9.17, 15) is 4.79 Å². The molecule has 0 aromatic rings. The Balaban J connectivity index is 1.79. The van der Waals surface area contributed by atoms with Gasteiger partial charge in [0, 0.05) is 11.5 Å². The molecular weight excluding hydrogens is 272 g/mol. The molecule has 2 aliphatic carbocycles. The van der Waals surface area contributed by atoms with Gasteiger partial charge in [0.2, 0.25) is 0 Å². The molecule has 2 aliphatic rings. The van der Waals surface area contributed by atoms with Crippen LogP contribution in [-0.2, 0) is 9.53 Å². The molecule has 2 bridgehead atoms. The van der Waals surface area contributed by atoms with Crippen molar-refractivity contribution in [2.45, 2.75) is 65.9 Å². The van der Waals surface area contributed by atoms with Gasteiger partial charge in [-0.2, -0.15) is 0 Å². The van der Waals surface area contributed by atoms with Crippen LogP contribution in [0.4, 0.5) is 0 Å². The molecule has 2 fully saturated rings. The van der Waals surface area contributed by atoms with Crippen LogP contribution >= 0.6 is 0 Å². The monoisotopic (exact) mass is 302 g/mol. The second-order valence-corrected chi connectivity index (χ2v) is 7.47. The molecule has 0 aromatic carbocycles.